The van der Waals surface area contributed by atoms with Crippen LogP contribution in [0, 0.1) is 0 Å². The van der Waals surface area contributed by atoms with E-state index in [2.05, 4.69) is 30.6 Å². The number of hydrogen-bond donors (Lipinski definition) is 2. The highest BCUT2D eigenvalue weighted by Gasteiger charge is 2.12. The summed E-state index contributed by atoms with van der Waals surface area (Å²) >= 11 is 1.33. The summed E-state index contributed by atoms with van der Waals surface area (Å²) in [5.74, 6) is 0.597. The maximum Gasteiger partial charge on any atom is 0.321 e. The average molecular weight is 378 g/mol. The Kier molecular flexibility index (Phi) is 4.84. The third kappa shape index (κ3) is 3.98. The van der Waals surface area contributed by atoms with Crippen LogP contribution in [0.5, 0.6) is 0 Å². The zero-order chi connectivity index (χ0) is 18.5. The number of anilines is 1. The van der Waals surface area contributed by atoms with Gasteiger partial charge in [-0.15, -0.1) is 11.3 Å². The third-order valence-electron chi connectivity index (χ3n) is 3.60. The Labute approximate surface area is 158 Å². The van der Waals surface area contributed by atoms with Gasteiger partial charge in [0.2, 0.25) is 0 Å². The summed E-state index contributed by atoms with van der Waals surface area (Å²) < 4.78 is 5.36. The third-order valence-corrected chi connectivity index (χ3v) is 4.35. The molecule has 2 N–H and O–H groups in total. The van der Waals surface area contributed by atoms with E-state index < -0.39 is 0 Å². The van der Waals surface area contributed by atoms with E-state index in [1.807, 2.05) is 23.6 Å². The molecule has 0 bridgehead atoms. The van der Waals surface area contributed by atoms with Gasteiger partial charge < -0.3 is 9.73 Å². The van der Waals surface area contributed by atoms with Crippen molar-refractivity contribution < 1.29 is 9.21 Å². The second kappa shape index (κ2) is 7.75. The number of pyridine rings is 1. The number of nitrogens with one attached hydrogen (secondary N) is 2. The molecule has 0 unspecified atom stereocenters. The van der Waals surface area contributed by atoms with Crippen LogP contribution in [0.15, 0.2) is 65.0 Å². The van der Waals surface area contributed by atoms with Gasteiger partial charge in [-0.25, -0.2) is 14.8 Å². The van der Waals surface area contributed by atoms with Crippen molar-refractivity contribution in [3.8, 4) is 22.8 Å². The fourth-order valence-corrected chi connectivity index (χ4v) is 3.08. The summed E-state index contributed by atoms with van der Waals surface area (Å²) in [6.07, 6.45) is 6.42. The summed E-state index contributed by atoms with van der Waals surface area (Å²) in [5, 5.41) is 7.80. The first-order chi connectivity index (χ1) is 13.3. The van der Waals surface area contributed by atoms with E-state index in [1.54, 1.807) is 37.0 Å². The van der Waals surface area contributed by atoms with Crippen molar-refractivity contribution in [1.29, 1.82) is 0 Å². The maximum atomic E-state index is 12.2. The van der Waals surface area contributed by atoms with Crippen molar-refractivity contribution in [3.05, 3.63) is 66.3 Å². The van der Waals surface area contributed by atoms with Gasteiger partial charge in [-0.05, 0) is 24.3 Å². The minimum absolute atomic E-state index is 0.203. The molecule has 8 nitrogen and oxygen atoms in total. The molecule has 0 atom stereocenters. The van der Waals surface area contributed by atoms with Gasteiger partial charge in [0.1, 0.15) is 11.4 Å². The van der Waals surface area contributed by atoms with Crippen molar-refractivity contribution in [3.63, 3.8) is 0 Å². The van der Waals surface area contributed by atoms with Crippen LogP contribution in [0.2, 0.25) is 0 Å². The summed E-state index contributed by atoms with van der Waals surface area (Å²) in [4.78, 5) is 29.4. The number of aromatic nitrogens is 4. The molecule has 0 aromatic carbocycles. The lowest BCUT2D eigenvalue weighted by atomic mass is 10.2. The molecule has 0 saturated heterocycles. The van der Waals surface area contributed by atoms with E-state index in [0.29, 0.717) is 28.0 Å². The quantitative estimate of drug-likeness (QED) is 0.550. The molecule has 0 saturated carbocycles. The van der Waals surface area contributed by atoms with Gasteiger partial charge in [-0.2, -0.15) is 0 Å². The lowest BCUT2D eigenvalue weighted by Crippen LogP contribution is -2.28. The van der Waals surface area contributed by atoms with E-state index in [9.17, 15) is 4.79 Å². The summed E-state index contributed by atoms with van der Waals surface area (Å²) in [6.45, 7) is 0.203. The number of thiazole rings is 1. The minimum atomic E-state index is -0.382. The average Bonchev–Trinajstić information content (AvgIpc) is 3.40. The number of rotatable bonds is 5. The van der Waals surface area contributed by atoms with E-state index in [0.717, 1.165) is 5.69 Å². The van der Waals surface area contributed by atoms with E-state index in [-0.39, 0.29) is 12.6 Å². The van der Waals surface area contributed by atoms with Gasteiger partial charge in [-0.3, -0.25) is 15.3 Å². The van der Waals surface area contributed by atoms with Crippen molar-refractivity contribution in [2.45, 2.75) is 6.54 Å². The second-order valence-corrected chi connectivity index (χ2v) is 6.25. The molecule has 0 aliphatic heterocycles. The van der Waals surface area contributed by atoms with Crippen LogP contribution >= 0.6 is 11.3 Å². The molecule has 2 amide bonds. The van der Waals surface area contributed by atoms with Crippen LogP contribution < -0.4 is 10.6 Å². The lowest BCUT2D eigenvalue weighted by Gasteiger charge is -2.07. The van der Waals surface area contributed by atoms with Gasteiger partial charge in [-0.1, -0.05) is 6.07 Å². The Balaban J connectivity index is 1.39. The lowest BCUT2D eigenvalue weighted by molar-refractivity contribution is 0.251. The number of carbonyl (C=O) groups is 1. The SMILES string of the molecule is O=C(NCc1nccnc1-c1ccco1)Nc1nc(-c2ccccn2)cs1. The maximum absolute atomic E-state index is 12.2. The molecule has 4 aromatic heterocycles. The van der Waals surface area contributed by atoms with Crippen LogP contribution in [0.25, 0.3) is 22.8 Å². The minimum Gasteiger partial charge on any atom is -0.463 e. The first kappa shape index (κ1) is 16.9. The molecule has 0 fully saturated rings. The standard InChI is InChI=1S/C18H14N6O2S/c25-17(24-18-23-14(11-27-18)12-4-1-2-6-19-12)22-10-13-16(21-8-7-20-13)15-5-3-9-26-15/h1-9,11H,10H2,(H2,22,23,24,25). The number of carbonyl (C=O) groups excluding carboxylic acids is 1. The van der Waals surface area contributed by atoms with Crippen LogP contribution in [0.4, 0.5) is 9.93 Å². The molecule has 0 radical (unpaired) electrons. The summed E-state index contributed by atoms with van der Waals surface area (Å²) in [5.41, 5.74) is 2.67. The number of hydrogen-bond acceptors (Lipinski definition) is 7. The predicted octanol–water partition coefficient (Wildman–Crippen LogP) is 3.58. The highest BCUT2D eigenvalue weighted by molar-refractivity contribution is 7.14. The van der Waals surface area contributed by atoms with Crippen LogP contribution in [-0.4, -0.2) is 26.0 Å². The Morgan fingerprint density at radius 3 is 2.78 bits per heavy atom. The van der Waals surface area contributed by atoms with Crippen molar-refractivity contribution in [2.75, 3.05) is 5.32 Å². The molecule has 27 heavy (non-hydrogen) atoms. The monoisotopic (exact) mass is 378 g/mol. The number of amides is 2. The van der Waals surface area contributed by atoms with E-state index >= 15 is 0 Å². The normalized spacial score (nSPS) is 10.5. The molecule has 4 aromatic rings. The summed E-state index contributed by atoms with van der Waals surface area (Å²) in [6, 6.07) is 8.78. The molecule has 4 heterocycles. The van der Waals surface area contributed by atoms with E-state index in [4.69, 9.17) is 4.42 Å². The Hall–Kier alpha value is -3.59. The zero-order valence-corrected chi connectivity index (χ0v) is 14.8. The van der Waals surface area contributed by atoms with Gasteiger partial charge >= 0.3 is 6.03 Å². The molecule has 4 rings (SSSR count). The fourth-order valence-electron chi connectivity index (χ4n) is 2.38. The van der Waals surface area contributed by atoms with Gasteiger partial charge in [0.05, 0.1) is 24.2 Å². The molecule has 134 valence electrons. The van der Waals surface area contributed by atoms with Crippen LogP contribution in [0.3, 0.4) is 0 Å². The Morgan fingerprint density at radius 1 is 1.04 bits per heavy atom. The largest absolute Gasteiger partial charge is 0.463 e. The Bertz CT molecular complexity index is 1030. The van der Waals surface area contributed by atoms with Crippen LogP contribution in [0.1, 0.15) is 5.69 Å². The zero-order valence-electron chi connectivity index (χ0n) is 14.0. The van der Waals surface area contributed by atoms with Gasteiger partial charge in [0.15, 0.2) is 10.9 Å². The van der Waals surface area contributed by atoms with E-state index in [1.165, 1.54) is 11.3 Å². The predicted molar refractivity (Wildman–Crippen MR) is 101 cm³/mol. The number of urea groups is 1. The molecular formula is C18H14N6O2S. The molecule has 0 aliphatic rings. The molecule has 0 spiro atoms. The fraction of sp³-hybridized carbons (Fsp3) is 0.0556. The van der Waals surface area contributed by atoms with Crippen LogP contribution in [-0.2, 0) is 6.54 Å². The highest BCUT2D eigenvalue weighted by Crippen LogP contribution is 2.23. The first-order valence-corrected chi connectivity index (χ1v) is 8.93. The Morgan fingerprint density at radius 2 is 1.96 bits per heavy atom. The number of furan rings is 1. The van der Waals surface area contributed by atoms with Gasteiger partial charge in [0, 0.05) is 24.0 Å². The smallest absolute Gasteiger partial charge is 0.321 e. The van der Waals surface area contributed by atoms with Crippen molar-refractivity contribution in [1.82, 2.24) is 25.3 Å². The second-order valence-electron chi connectivity index (χ2n) is 5.39. The topological polar surface area (TPSA) is 106 Å². The van der Waals surface area contributed by atoms with Crippen molar-refractivity contribution in [2.24, 2.45) is 0 Å². The first-order valence-electron chi connectivity index (χ1n) is 8.05. The highest BCUT2D eigenvalue weighted by atomic mass is 32.1. The van der Waals surface area contributed by atoms with Gasteiger partial charge in [0.25, 0.3) is 0 Å². The number of nitrogens with zero attached hydrogens (tertiary/aromatic N) is 4. The van der Waals surface area contributed by atoms with Crippen molar-refractivity contribution >= 4 is 22.5 Å². The summed E-state index contributed by atoms with van der Waals surface area (Å²) in [7, 11) is 0. The molecular weight excluding hydrogens is 364 g/mol. The molecule has 0 aliphatic carbocycles. The molecule has 9 heteroatoms.